The van der Waals surface area contributed by atoms with Crippen molar-refractivity contribution in [2.24, 2.45) is 0 Å². The van der Waals surface area contributed by atoms with Crippen LogP contribution in [0.4, 0.5) is 14.5 Å². The molecule has 0 aliphatic carbocycles. The van der Waals surface area contributed by atoms with E-state index in [4.69, 9.17) is 9.47 Å². The predicted molar refractivity (Wildman–Crippen MR) is 87.9 cm³/mol. The van der Waals surface area contributed by atoms with E-state index in [0.717, 1.165) is 12.1 Å². The number of rotatable bonds is 7. The minimum Gasteiger partial charge on any atom is -0.482 e. The summed E-state index contributed by atoms with van der Waals surface area (Å²) in [6, 6.07) is 8.88. The highest BCUT2D eigenvalue weighted by atomic mass is 19.1. The van der Waals surface area contributed by atoms with Crippen LogP contribution in [0.15, 0.2) is 42.5 Å². The topological polar surface area (TPSA) is 81.7 Å². The third-order valence-corrected chi connectivity index (χ3v) is 3.17. The van der Waals surface area contributed by atoms with Gasteiger partial charge in [-0.25, -0.2) is 13.6 Å². The van der Waals surface area contributed by atoms with Gasteiger partial charge in [0, 0.05) is 11.6 Å². The Kier molecular flexibility index (Phi) is 6.37. The van der Waals surface area contributed by atoms with Crippen LogP contribution < -0.4 is 10.1 Å². The number of hydrogen-bond acceptors (Lipinski definition) is 5. The van der Waals surface area contributed by atoms with Crippen molar-refractivity contribution in [3.8, 4) is 5.75 Å². The van der Waals surface area contributed by atoms with Gasteiger partial charge in [-0.1, -0.05) is 12.1 Å². The number of ether oxygens (including phenoxy) is 2. The van der Waals surface area contributed by atoms with E-state index in [1.165, 1.54) is 13.0 Å². The molecule has 8 heteroatoms. The van der Waals surface area contributed by atoms with Crippen molar-refractivity contribution in [3.63, 3.8) is 0 Å². The van der Waals surface area contributed by atoms with Crippen LogP contribution in [0.1, 0.15) is 17.3 Å². The molecular weight excluding hydrogens is 348 g/mol. The highest BCUT2D eigenvalue weighted by Gasteiger charge is 2.12. The summed E-state index contributed by atoms with van der Waals surface area (Å²) in [6.07, 6.45) is 0. The molecule has 2 aromatic rings. The normalized spacial score (nSPS) is 10.1. The summed E-state index contributed by atoms with van der Waals surface area (Å²) < 4.78 is 36.1. The van der Waals surface area contributed by atoms with Crippen molar-refractivity contribution in [3.05, 3.63) is 59.7 Å². The number of Topliss-reactive ketones (excluding diaryl/α,β-unsaturated/α-hetero) is 1. The summed E-state index contributed by atoms with van der Waals surface area (Å²) in [7, 11) is 0. The fraction of sp³-hybridized carbons (Fsp3) is 0.167. The van der Waals surface area contributed by atoms with Gasteiger partial charge in [0.1, 0.15) is 17.4 Å². The molecule has 0 aliphatic heterocycles. The summed E-state index contributed by atoms with van der Waals surface area (Å²) in [6.45, 7) is 0.266. The summed E-state index contributed by atoms with van der Waals surface area (Å²) in [4.78, 5) is 34.5. The number of ketones is 1. The maximum atomic E-state index is 13.4. The Bertz CT molecular complexity index is 838. The molecule has 6 nitrogen and oxygen atoms in total. The highest BCUT2D eigenvalue weighted by molar-refractivity contribution is 5.94. The van der Waals surface area contributed by atoms with E-state index >= 15 is 0 Å². The second kappa shape index (κ2) is 8.70. The van der Waals surface area contributed by atoms with Gasteiger partial charge in [0.25, 0.3) is 5.91 Å². The van der Waals surface area contributed by atoms with Crippen molar-refractivity contribution in [2.45, 2.75) is 6.92 Å². The maximum absolute atomic E-state index is 13.4. The van der Waals surface area contributed by atoms with Gasteiger partial charge in [-0.3, -0.25) is 9.59 Å². The molecule has 0 atom stereocenters. The van der Waals surface area contributed by atoms with Crippen LogP contribution in [0.25, 0.3) is 0 Å². The lowest BCUT2D eigenvalue weighted by atomic mass is 10.1. The lowest BCUT2D eigenvalue weighted by molar-refractivity contribution is -0.149. The Labute approximate surface area is 147 Å². The summed E-state index contributed by atoms with van der Waals surface area (Å²) in [5.41, 5.74) is 0.196. The van der Waals surface area contributed by atoms with E-state index in [1.807, 2.05) is 0 Å². The molecule has 0 aliphatic rings. The molecule has 136 valence electrons. The minimum atomic E-state index is -0.946. The Morgan fingerprint density at radius 3 is 2.50 bits per heavy atom. The second-order valence-corrected chi connectivity index (χ2v) is 5.21. The van der Waals surface area contributed by atoms with E-state index in [9.17, 15) is 23.2 Å². The first-order valence-electron chi connectivity index (χ1n) is 7.49. The van der Waals surface area contributed by atoms with Gasteiger partial charge in [0.2, 0.25) is 0 Å². The maximum Gasteiger partial charge on any atom is 0.344 e. The molecule has 0 spiro atoms. The van der Waals surface area contributed by atoms with E-state index < -0.39 is 36.7 Å². The lowest BCUT2D eigenvalue weighted by Crippen LogP contribution is -2.24. The molecule has 1 amide bonds. The zero-order valence-electron chi connectivity index (χ0n) is 13.8. The minimum absolute atomic E-state index is 0.150. The van der Waals surface area contributed by atoms with E-state index in [-0.39, 0.29) is 11.5 Å². The van der Waals surface area contributed by atoms with E-state index in [2.05, 4.69) is 5.32 Å². The van der Waals surface area contributed by atoms with Gasteiger partial charge in [0.15, 0.2) is 19.0 Å². The number of hydrogen-bond donors (Lipinski definition) is 1. The molecule has 0 aromatic heterocycles. The Morgan fingerprint density at radius 1 is 1.04 bits per heavy atom. The molecule has 0 unspecified atom stereocenters. The number of halogens is 2. The van der Waals surface area contributed by atoms with Crippen LogP contribution in [0.2, 0.25) is 0 Å². The molecule has 0 radical (unpaired) electrons. The molecular formula is C18H15F2NO5. The number of amides is 1. The van der Waals surface area contributed by atoms with Crippen LogP contribution in [0.5, 0.6) is 5.75 Å². The molecule has 0 fully saturated rings. The number of carbonyl (C=O) groups excluding carboxylic acids is 3. The zero-order valence-corrected chi connectivity index (χ0v) is 13.8. The van der Waals surface area contributed by atoms with Gasteiger partial charge in [-0.15, -0.1) is 0 Å². The summed E-state index contributed by atoms with van der Waals surface area (Å²) in [5.74, 6) is -3.19. The Hall–Kier alpha value is -3.29. The van der Waals surface area contributed by atoms with Crippen molar-refractivity contribution in [1.82, 2.24) is 0 Å². The smallest absolute Gasteiger partial charge is 0.344 e. The third-order valence-electron chi connectivity index (χ3n) is 3.17. The highest BCUT2D eigenvalue weighted by Crippen LogP contribution is 2.15. The number of benzene rings is 2. The zero-order chi connectivity index (χ0) is 19.1. The Balaban J connectivity index is 1.78. The van der Waals surface area contributed by atoms with E-state index in [1.54, 1.807) is 18.2 Å². The summed E-state index contributed by atoms with van der Waals surface area (Å²) >= 11 is 0. The number of carbonyl (C=O) groups is 3. The van der Waals surface area contributed by atoms with Gasteiger partial charge < -0.3 is 14.8 Å². The SMILES string of the molecule is CC(=O)c1cccc(OCC(=O)OCC(=O)Nc2ccc(F)cc2F)c1. The van der Waals surface area contributed by atoms with Crippen molar-refractivity contribution in [1.29, 1.82) is 0 Å². The molecule has 26 heavy (non-hydrogen) atoms. The lowest BCUT2D eigenvalue weighted by Gasteiger charge is -2.09. The van der Waals surface area contributed by atoms with Crippen LogP contribution in [-0.2, 0) is 14.3 Å². The fourth-order valence-electron chi connectivity index (χ4n) is 1.91. The molecule has 0 heterocycles. The fourth-order valence-corrected chi connectivity index (χ4v) is 1.91. The molecule has 2 rings (SSSR count). The van der Waals surface area contributed by atoms with Gasteiger partial charge in [-0.2, -0.15) is 0 Å². The molecule has 1 N–H and O–H groups in total. The number of esters is 1. The second-order valence-electron chi connectivity index (χ2n) is 5.21. The van der Waals surface area contributed by atoms with Crippen LogP contribution in [0, 0.1) is 11.6 Å². The molecule has 2 aromatic carbocycles. The molecule has 0 saturated carbocycles. The average molecular weight is 363 g/mol. The van der Waals surface area contributed by atoms with Gasteiger partial charge >= 0.3 is 5.97 Å². The van der Waals surface area contributed by atoms with Crippen LogP contribution >= 0.6 is 0 Å². The van der Waals surface area contributed by atoms with Crippen LogP contribution in [0.3, 0.4) is 0 Å². The first kappa shape index (κ1) is 19.0. The van der Waals surface area contributed by atoms with Crippen LogP contribution in [-0.4, -0.2) is 30.9 Å². The molecule has 0 bridgehead atoms. The monoisotopic (exact) mass is 363 g/mol. The summed E-state index contributed by atoms with van der Waals surface area (Å²) in [5, 5.41) is 2.15. The molecule has 0 saturated heterocycles. The number of anilines is 1. The quantitative estimate of drug-likeness (QED) is 0.604. The van der Waals surface area contributed by atoms with Gasteiger partial charge in [-0.05, 0) is 31.2 Å². The number of nitrogens with one attached hydrogen (secondary N) is 1. The standard InChI is InChI=1S/C18H15F2NO5/c1-11(22)12-3-2-4-14(7-12)25-10-18(24)26-9-17(23)21-16-6-5-13(19)8-15(16)20/h2-8H,9-10H2,1H3,(H,21,23). The van der Waals surface area contributed by atoms with E-state index in [0.29, 0.717) is 17.4 Å². The average Bonchev–Trinajstić information content (AvgIpc) is 2.61. The Morgan fingerprint density at radius 2 is 1.81 bits per heavy atom. The third kappa shape index (κ3) is 5.66. The largest absolute Gasteiger partial charge is 0.482 e. The van der Waals surface area contributed by atoms with Crippen molar-refractivity contribution >= 4 is 23.3 Å². The van der Waals surface area contributed by atoms with Crippen molar-refractivity contribution in [2.75, 3.05) is 18.5 Å². The van der Waals surface area contributed by atoms with Gasteiger partial charge in [0.05, 0.1) is 5.69 Å². The first-order chi connectivity index (χ1) is 12.3. The first-order valence-corrected chi connectivity index (χ1v) is 7.49. The van der Waals surface area contributed by atoms with Crippen molar-refractivity contribution < 1.29 is 32.6 Å². The predicted octanol–water partition coefficient (Wildman–Crippen LogP) is 2.73.